The predicted octanol–water partition coefficient (Wildman–Crippen LogP) is 1.20. The molecule has 0 fully saturated rings. The van der Waals surface area contributed by atoms with Gasteiger partial charge in [-0.2, -0.15) is 0 Å². The summed E-state index contributed by atoms with van der Waals surface area (Å²) in [7, 11) is 0. The lowest BCUT2D eigenvalue weighted by atomic mass is 10.3. The summed E-state index contributed by atoms with van der Waals surface area (Å²) < 4.78 is 14.4. The van der Waals surface area contributed by atoms with Gasteiger partial charge in [-0.1, -0.05) is 6.07 Å². The number of halogens is 1. The lowest BCUT2D eigenvalue weighted by Crippen LogP contribution is -2.10. The first-order valence-corrected chi connectivity index (χ1v) is 3.59. The third kappa shape index (κ3) is 0.777. The molecule has 1 heterocycles. The molecular weight excluding hydrogens is 157 g/mol. The van der Waals surface area contributed by atoms with Gasteiger partial charge in [-0.05, 0) is 19.1 Å². The summed E-state index contributed by atoms with van der Waals surface area (Å²) in [5, 5.41) is 0. The summed E-state index contributed by atoms with van der Waals surface area (Å²) in [5.41, 5.74) is 0.949. The van der Waals surface area contributed by atoms with E-state index in [4.69, 9.17) is 5.84 Å². The first-order chi connectivity index (χ1) is 5.70. The van der Waals surface area contributed by atoms with Crippen molar-refractivity contribution in [2.45, 2.75) is 6.92 Å². The summed E-state index contributed by atoms with van der Waals surface area (Å²) in [6.45, 7) is 1.74. The van der Waals surface area contributed by atoms with E-state index in [2.05, 4.69) is 4.98 Å². The second-order valence-corrected chi connectivity index (χ2v) is 2.64. The summed E-state index contributed by atoms with van der Waals surface area (Å²) in [6.07, 6.45) is 0. The minimum absolute atomic E-state index is 0.337. The predicted molar refractivity (Wildman–Crippen MR) is 44.6 cm³/mol. The number of nitrogen functional groups attached to an aromatic ring is 1. The Bertz CT molecular complexity index is 433. The van der Waals surface area contributed by atoms with Gasteiger partial charge in [0.15, 0.2) is 5.82 Å². The third-order valence-corrected chi connectivity index (χ3v) is 1.84. The Morgan fingerprint density at radius 3 is 2.92 bits per heavy atom. The average molecular weight is 165 g/mol. The van der Waals surface area contributed by atoms with Gasteiger partial charge in [0.05, 0.1) is 5.52 Å². The molecule has 0 aliphatic carbocycles. The van der Waals surface area contributed by atoms with Crippen molar-refractivity contribution < 1.29 is 4.39 Å². The third-order valence-electron chi connectivity index (χ3n) is 1.84. The van der Waals surface area contributed by atoms with E-state index in [1.54, 1.807) is 19.1 Å². The fourth-order valence-electron chi connectivity index (χ4n) is 1.22. The van der Waals surface area contributed by atoms with Gasteiger partial charge in [0.1, 0.15) is 11.3 Å². The zero-order chi connectivity index (χ0) is 8.72. The van der Waals surface area contributed by atoms with Gasteiger partial charge >= 0.3 is 0 Å². The van der Waals surface area contributed by atoms with Crippen molar-refractivity contribution >= 4 is 11.0 Å². The Kier molecular flexibility index (Phi) is 1.30. The van der Waals surface area contributed by atoms with Gasteiger partial charge in [0, 0.05) is 0 Å². The lowest BCUT2D eigenvalue weighted by molar-refractivity contribution is 0.633. The monoisotopic (exact) mass is 165 g/mol. The van der Waals surface area contributed by atoms with E-state index in [1.165, 1.54) is 10.7 Å². The molecule has 2 aromatic rings. The highest BCUT2D eigenvalue weighted by atomic mass is 19.1. The number of para-hydroxylation sites is 1. The van der Waals surface area contributed by atoms with Crippen molar-refractivity contribution in [2.75, 3.05) is 5.84 Å². The second-order valence-electron chi connectivity index (χ2n) is 2.64. The SMILES string of the molecule is Cc1nc2cccc(F)c2n1N. The molecule has 0 spiro atoms. The molecule has 0 aliphatic rings. The first kappa shape index (κ1) is 7.09. The van der Waals surface area contributed by atoms with Crippen molar-refractivity contribution in [2.24, 2.45) is 0 Å². The Morgan fingerprint density at radius 2 is 2.25 bits per heavy atom. The largest absolute Gasteiger partial charge is 0.337 e. The topological polar surface area (TPSA) is 43.8 Å². The molecule has 1 aromatic carbocycles. The van der Waals surface area contributed by atoms with Crippen LogP contribution in [0.25, 0.3) is 11.0 Å². The van der Waals surface area contributed by atoms with Gasteiger partial charge < -0.3 is 5.84 Å². The van der Waals surface area contributed by atoms with Crippen LogP contribution in [-0.2, 0) is 0 Å². The van der Waals surface area contributed by atoms with Gasteiger partial charge in [0.2, 0.25) is 0 Å². The molecule has 3 nitrogen and oxygen atoms in total. The highest BCUT2D eigenvalue weighted by Gasteiger charge is 2.07. The highest BCUT2D eigenvalue weighted by molar-refractivity contribution is 5.76. The number of nitrogens with two attached hydrogens (primary N) is 1. The van der Waals surface area contributed by atoms with Crippen LogP contribution in [0.1, 0.15) is 5.82 Å². The average Bonchev–Trinajstić information content (AvgIpc) is 2.29. The highest BCUT2D eigenvalue weighted by Crippen LogP contribution is 2.15. The maximum absolute atomic E-state index is 13.1. The van der Waals surface area contributed by atoms with Crippen molar-refractivity contribution in [3.63, 3.8) is 0 Å². The van der Waals surface area contributed by atoms with E-state index in [0.717, 1.165) is 0 Å². The number of hydrogen-bond acceptors (Lipinski definition) is 2. The smallest absolute Gasteiger partial charge is 0.151 e. The molecule has 0 bridgehead atoms. The number of nitrogens with zero attached hydrogens (tertiary/aromatic N) is 2. The fourth-order valence-corrected chi connectivity index (χ4v) is 1.22. The van der Waals surface area contributed by atoms with Crippen LogP contribution >= 0.6 is 0 Å². The van der Waals surface area contributed by atoms with Crippen LogP contribution in [0.2, 0.25) is 0 Å². The molecule has 2 rings (SSSR count). The van der Waals surface area contributed by atoms with E-state index in [-0.39, 0.29) is 5.82 Å². The van der Waals surface area contributed by atoms with Crippen LogP contribution in [0, 0.1) is 12.7 Å². The Balaban J connectivity index is 2.97. The Morgan fingerprint density at radius 1 is 1.50 bits per heavy atom. The van der Waals surface area contributed by atoms with Crippen LogP contribution in [-0.4, -0.2) is 9.66 Å². The maximum atomic E-state index is 13.1. The van der Waals surface area contributed by atoms with E-state index >= 15 is 0 Å². The molecule has 0 amide bonds. The van der Waals surface area contributed by atoms with Crippen LogP contribution in [0.3, 0.4) is 0 Å². The number of aromatic nitrogens is 2. The molecular formula is C8H8FN3. The molecule has 0 radical (unpaired) electrons. The van der Waals surface area contributed by atoms with Crippen LogP contribution < -0.4 is 5.84 Å². The van der Waals surface area contributed by atoms with E-state index in [1.807, 2.05) is 0 Å². The molecule has 12 heavy (non-hydrogen) atoms. The first-order valence-electron chi connectivity index (χ1n) is 3.59. The standard InChI is InChI=1S/C8H8FN3/c1-5-11-7-4-2-3-6(9)8(7)12(5)10/h2-4H,10H2,1H3. The quantitative estimate of drug-likeness (QED) is 0.596. The van der Waals surface area contributed by atoms with Crippen molar-refractivity contribution in [3.8, 4) is 0 Å². The lowest BCUT2D eigenvalue weighted by Gasteiger charge is -1.96. The minimum Gasteiger partial charge on any atom is -0.337 e. The second kappa shape index (κ2) is 2.20. The van der Waals surface area contributed by atoms with Gasteiger partial charge in [-0.3, -0.25) is 0 Å². The van der Waals surface area contributed by atoms with Gasteiger partial charge in [-0.25, -0.2) is 14.1 Å². The molecule has 4 heteroatoms. The van der Waals surface area contributed by atoms with Crippen LogP contribution in [0.4, 0.5) is 4.39 Å². The summed E-state index contributed by atoms with van der Waals surface area (Å²) in [6, 6.07) is 4.71. The molecule has 0 aliphatic heterocycles. The van der Waals surface area contributed by atoms with Gasteiger partial charge in [-0.15, -0.1) is 0 Å². The van der Waals surface area contributed by atoms with Crippen LogP contribution in [0.5, 0.6) is 0 Å². The van der Waals surface area contributed by atoms with Crippen molar-refractivity contribution in [1.29, 1.82) is 0 Å². The van der Waals surface area contributed by atoms with Gasteiger partial charge in [0.25, 0.3) is 0 Å². The molecule has 0 saturated carbocycles. The van der Waals surface area contributed by atoms with E-state index < -0.39 is 0 Å². The molecule has 1 aromatic heterocycles. The Labute approximate surface area is 68.6 Å². The van der Waals surface area contributed by atoms with E-state index in [9.17, 15) is 4.39 Å². The van der Waals surface area contributed by atoms with Crippen LogP contribution in [0.15, 0.2) is 18.2 Å². The Hall–Kier alpha value is -1.58. The normalized spacial score (nSPS) is 10.8. The number of fused-ring (bicyclic) bond motifs is 1. The molecule has 2 N–H and O–H groups in total. The zero-order valence-corrected chi connectivity index (χ0v) is 6.58. The number of benzene rings is 1. The number of imidazole rings is 1. The van der Waals surface area contributed by atoms with Crippen molar-refractivity contribution in [3.05, 3.63) is 29.8 Å². The summed E-state index contributed by atoms with van der Waals surface area (Å²) in [5.74, 6) is 5.82. The van der Waals surface area contributed by atoms with E-state index in [0.29, 0.717) is 16.9 Å². The summed E-state index contributed by atoms with van der Waals surface area (Å²) in [4.78, 5) is 4.07. The fraction of sp³-hybridized carbons (Fsp3) is 0.125. The zero-order valence-electron chi connectivity index (χ0n) is 6.58. The molecule has 62 valence electrons. The summed E-state index contributed by atoms with van der Waals surface area (Å²) >= 11 is 0. The number of hydrogen-bond donors (Lipinski definition) is 1. The molecule has 0 saturated heterocycles. The van der Waals surface area contributed by atoms with Crippen molar-refractivity contribution in [1.82, 2.24) is 9.66 Å². The molecule has 0 atom stereocenters. The maximum Gasteiger partial charge on any atom is 0.151 e. The molecule has 0 unspecified atom stereocenters. The minimum atomic E-state index is -0.337. The number of aryl methyl sites for hydroxylation is 1. The number of rotatable bonds is 0.